The van der Waals surface area contributed by atoms with Crippen molar-refractivity contribution in [3.05, 3.63) is 35.8 Å². The molecule has 0 fully saturated rings. The summed E-state index contributed by atoms with van der Waals surface area (Å²) in [6.07, 6.45) is 1.77. The zero-order chi connectivity index (χ0) is 7.40. The fourth-order valence-electron chi connectivity index (χ4n) is 0.766. The predicted octanol–water partition coefficient (Wildman–Crippen LogP) is 1.41. The summed E-state index contributed by atoms with van der Waals surface area (Å²) in [6.45, 7) is 0. The molecule has 0 amide bonds. The van der Waals surface area contributed by atoms with Crippen molar-refractivity contribution in [1.29, 1.82) is 0 Å². The Morgan fingerprint density at radius 3 is 2.60 bits per heavy atom. The average molecular weight is 129 g/mol. The molecule has 1 aromatic rings. The van der Waals surface area contributed by atoms with Crippen molar-refractivity contribution < 1.29 is 0 Å². The van der Waals surface area contributed by atoms with E-state index in [1.54, 1.807) is 6.08 Å². The number of benzene rings is 1. The zero-order valence-electron chi connectivity index (χ0n) is 5.62. The molecule has 0 spiro atoms. The van der Waals surface area contributed by atoms with Crippen molar-refractivity contribution in [1.82, 2.24) is 0 Å². The summed E-state index contributed by atoms with van der Waals surface area (Å²) in [4.78, 5) is 0. The smallest absolute Gasteiger partial charge is 0.102 e. The standard InChI is InChI=1S/C8H8BN/c9-6-5-7-3-1-2-4-8(7)10/h1-6H,10H2/b6-5-. The number of hydrogen-bond acceptors (Lipinski definition) is 1. The van der Waals surface area contributed by atoms with E-state index in [0.29, 0.717) is 0 Å². The van der Waals surface area contributed by atoms with E-state index in [1.807, 2.05) is 24.3 Å². The van der Waals surface area contributed by atoms with Crippen LogP contribution in [0.4, 0.5) is 5.69 Å². The van der Waals surface area contributed by atoms with Gasteiger partial charge in [-0.25, -0.2) is 0 Å². The molecule has 2 heteroatoms. The summed E-state index contributed by atoms with van der Waals surface area (Å²) < 4.78 is 0. The van der Waals surface area contributed by atoms with Gasteiger partial charge in [0, 0.05) is 5.69 Å². The maximum Gasteiger partial charge on any atom is 0.102 e. The van der Waals surface area contributed by atoms with Gasteiger partial charge in [0.1, 0.15) is 7.85 Å². The summed E-state index contributed by atoms with van der Waals surface area (Å²) in [6, 6.07) is 7.57. The van der Waals surface area contributed by atoms with Gasteiger partial charge in [0.15, 0.2) is 0 Å². The van der Waals surface area contributed by atoms with Crippen LogP contribution in [0.2, 0.25) is 0 Å². The van der Waals surface area contributed by atoms with Gasteiger partial charge in [-0.05, 0) is 11.6 Å². The lowest BCUT2D eigenvalue weighted by atomic mass is 10.1. The Morgan fingerprint density at radius 1 is 1.30 bits per heavy atom. The van der Waals surface area contributed by atoms with Gasteiger partial charge in [-0.15, -0.1) is 5.98 Å². The third-order valence-corrected chi connectivity index (χ3v) is 1.27. The van der Waals surface area contributed by atoms with Gasteiger partial charge in [-0.3, -0.25) is 0 Å². The van der Waals surface area contributed by atoms with Crippen LogP contribution in [-0.2, 0) is 0 Å². The molecule has 1 aromatic carbocycles. The second kappa shape index (κ2) is 3.11. The SMILES string of the molecule is [B]/C=C\c1ccccc1N. The van der Waals surface area contributed by atoms with Crippen molar-refractivity contribution in [3.8, 4) is 0 Å². The molecule has 0 aliphatic heterocycles. The highest BCUT2D eigenvalue weighted by Crippen LogP contribution is 2.10. The molecular formula is C8H8BN. The molecule has 0 aromatic heterocycles. The van der Waals surface area contributed by atoms with Crippen molar-refractivity contribution in [2.45, 2.75) is 0 Å². The third-order valence-electron chi connectivity index (χ3n) is 1.27. The van der Waals surface area contributed by atoms with Gasteiger partial charge < -0.3 is 5.73 Å². The van der Waals surface area contributed by atoms with E-state index >= 15 is 0 Å². The predicted molar refractivity (Wildman–Crippen MR) is 45.6 cm³/mol. The minimum atomic E-state index is 0.754. The first-order chi connectivity index (χ1) is 4.84. The first-order valence-electron chi connectivity index (χ1n) is 3.07. The van der Waals surface area contributed by atoms with Gasteiger partial charge >= 0.3 is 0 Å². The molecule has 0 aliphatic carbocycles. The molecule has 0 unspecified atom stereocenters. The second-order valence-corrected chi connectivity index (χ2v) is 1.99. The van der Waals surface area contributed by atoms with Gasteiger partial charge in [-0.1, -0.05) is 24.3 Å². The van der Waals surface area contributed by atoms with Crippen LogP contribution in [0, 0.1) is 0 Å². The maximum absolute atomic E-state index is 5.60. The minimum absolute atomic E-state index is 0.754. The van der Waals surface area contributed by atoms with Crippen molar-refractivity contribution >= 4 is 19.6 Å². The molecule has 0 saturated heterocycles. The zero-order valence-corrected chi connectivity index (χ0v) is 5.62. The fraction of sp³-hybridized carbons (Fsp3) is 0. The number of hydrogen-bond donors (Lipinski definition) is 1. The first kappa shape index (κ1) is 6.94. The molecule has 0 bridgehead atoms. The largest absolute Gasteiger partial charge is 0.398 e. The summed E-state index contributed by atoms with van der Waals surface area (Å²) in [5.74, 6) is 1.48. The van der Waals surface area contributed by atoms with Crippen LogP contribution in [0.15, 0.2) is 30.2 Å². The average Bonchev–Trinajstić information content (AvgIpc) is 1.94. The molecule has 10 heavy (non-hydrogen) atoms. The number of para-hydroxylation sites is 1. The van der Waals surface area contributed by atoms with E-state index in [4.69, 9.17) is 13.6 Å². The van der Waals surface area contributed by atoms with Crippen LogP contribution < -0.4 is 5.73 Å². The first-order valence-corrected chi connectivity index (χ1v) is 3.07. The summed E-state index contributed by atoms with van der Waals surface area (Å²) in [5.41, 5.74) is 7.32. The van der Waals surface area contributed by atoms with Crippen molar-refractivity contribution in [2.75, 3.05) is 5.73 Å². The Bertz CT molecular complexity index is 243. The lowest BCUT2D eigenvalue weighted by Gasteiger charge is -1.96. The van der Waals surface area contributed by atoms with Gasteiger partial charge in [0.2, 0.25) is 0 Å². The Morgan fingerprint density at radius 2 is 2.00 bits per heavy atom. The molecule has 1 rings (SSSR count). The molecule has 2 radical (unpaired) electrons. The lowest BCUT2D eigenvalue weighted by Crippen LogP contribution is -1.86. The quantitative estimate of drug-likeness (QED) is 0.450. The van der Waals surface area contributed by atoms with Crippen molar-refractivity contribution in [3.63, 3.8) is 0 Å². The number of nitrogens with two attached hydrogens (primary N) is 1. The minimum Gasteiger partial charge on any atom is -0.398 e. The summed E-state index contributed by atoms with van der Waals surface area (Å²) in [7, 11) is 5.19. The molecule has 0 aliphatic rings. The van der Waals surface area contributed by atoms with Gasteiger partial charge in [-0.2, -0.15) is 0 Å². The molecule has 0 saturated carbocycles. The van der Waals surface area contributed by atoms with Crippen molar-refractivity contribution in [2.24, 2.45) is 0 Å². The molecule has 2 N–H and O–H groups in total. The summed E-state index contributed by atoms with van der Waals surface area (Å²) >= 11 is 0. The van der Waals surface area contributed by atoms with E-state index in [1.165, 1.54) is 5.98 Å². The normalized spacial score (nSPS) is 10.4. The highest BCUT2D eigenvalue weighted by atomic mass is 14.5. The fourth-order valence-corrected chi connectivity index (χ4v) is 0.766. The Labute approximate surface area is 62.0 Å². The maximum atomic E-state index is 5.60. The van der Waals surface area contributed by atoms with Gasteiger partial charge in [0.25, 0.3) is 0 Å². The lowest BCUT2D eigenvalue weighted by molar-refractivity contribution is 1.64. The van der Waals surface area contributed by atoms with Crippen LogP contribution in [0.3, 0.4) is 0 Å². The number of anilines is 1. The Kier molecular flexibility index (Phi) is 2.16. The van der Waals surface area contributed by atoms with Crippen LogP contribution in [0.5, 0.6) is 0 Å². The van der Waals surface area contributed by atoms with E-state index in [-0.39, 0.29) is 0 Å². The molecule has 48 valence electrons. The Hall–Kier alpha value is -1.18. The van der Waals surface area contributed by atoms with Crippen LogP contribution >= 0.6 is 0 Å². The summed E-state index contributed by atoms with van der Waals surface area (Å²) in [5, 5.41) is 0. The van der Waals surface area contributed by atoms with Crippen LogP contribution in [-0.4, -0.2) is 7.85 Å². The third kappa shape index (κ3) is 1.41. The highest BCUT2D eigenvalue weighted by Gasteiger charge is 1.88. The second-order valence-electron chi connectivity index (χ2n) is 1.99. The number of nitrogen functional groups attached to an aromatic ring is 1. The van der Waals surface area contributed by atoms with E-state index in [9.17, 15) is 0 Å². The highest BCUT2D eigenvalue weighted by molar-refractivity contribution is 6.19. The van der Waals surface area contributed by atoms with E-state index in [0.717, 1.165) is 11.3 Å². The monoisotopic (exact) mass is 129 g/mol. The molecular weight excluding hydrogens is 121 g/mol. The molecule has 1 nitrogen and oxygen atoms in total. The molecule has 0 heterocycles. The Balaban J connectivity index is 3.03. The van der Waals surface area contributed by atoms with E-state index in [2.05, 4.69) is 0 Å². The van der Waals surface area contributed by atoms with E-state index < -0.39 is 0 Å². The number of rotatable bonds is 1. The topological polar surface area (TPSA) is 26.0 Å². The van der Waals surface area contributed by atoms with Gasteiger partial charge in [0.05, 0.1) is 0 Å². The van der Waals surface area contributed by atoms with Crippen LogP contribution in [0.1, 0.15) is 5.56 Å². The molecule has 0 atom stereocenters. The van der Waals surface area contributed by atoms with Crippen LogP contribution in [0.25, 0.3) is 6.08 Å².